The Labute approximate surface area is 125 Å². The smallest absolute Gasteiger partial charge is 0.0700 e. The number of hydrogen-bond donors (Lipinski definition) is 0. The normalized spacial score (nSPS) is 28.8. The summed E-state index contributed by atoms with van der Waals surface area (Å²) in [6, 6.07) is 0. The van der Waals surface area contributed by atoms with Crippen molar-refractivity contribution in [3.63, 3.8) is 0 Å². The zero-order valence-corrected chi connectivity index (χ0v) is 13.9. The Bertz CT molecular complexity index is 195. The number of morpholine rings is 2. The van der Waals surface area contributed by atoms with Gasteiger partial charge in [0.2, 0.25) is 0 Å². The van der Waals surface area contributed by atoms with E-state index in [0.29, 0.717) is 12.2 Å². The van der Waals surface area contributed by atoms with E-state index in [1.54, 1.807) is 0 Å². The fraction of sp³-hybridized carbons (Fsp3) is 1.00. The second-order valence-electron chi connectivity index (χ2n) is 5.59. The Hall–Kier alpha value is -0.160. The van der Waals surface area contributed by atoms with Crippen LogP contribution >= 0.6 is 0 Å². The minimum absolute atomic E-state index is 0.494. The maximum absolute atomic E-state index is 5.52. The molecule has 2 saturated heterocycles. The van der Waals surface area contributed by atoms with Crippen molar-refractivity contribution >= 4 is 0 Å². The van der Waals surface area contributed by atoms with E-state index in [1.807, 2.05) is 0 Å². The zero-order chi connectivity index (χ0) is 14.8. The fourth-order valence-electron chi connectivity index (χ4n) is 2.63. The van der Waals surface area contributed by atoms with Crippen molar-refractivity contribution in [2.45, 2.75) is 52.7 Å². The summed E-state index contributed by atoms with van der Waals surface area (Å²) in [4.78, 5) is 4.88. The third-order valence-corrected chi connectivity index (χ3v) is 4.25. The summed E-state index contributed by atoms with van der Waals surface area (Å²) in [7, 11) is 0. The summed E-state index contributed by atoms with van der Waals surface area (Å²) in [6.45, 7) is 17.5. The van der Waals surface area contributed by atoms with Gasteiger partial charge in [0, 0.05) is 26.2 Å². The molecule has 0 amide bonds. The molecule has 0 unspecified atom stereocenters. The molecule has 0 saturated carbocycles. The Morgan fingerprint density at radius 1 is 0.750 bits per heavy atom. The molecule has 0 radical (unpaired) electrons. The topological polar surface area (TPSA) is 24.9 Å². The van der Waals surface area contributed by atoms with Gasteiger partial charge in [0.15, 0.2) is 0 Å². The first-order chi connectivity index (χ1) is 9.73. The third kappa shape index (κ3) is 6.53. The van der Waals surface area contributed by atoms with E-state index >= 15 is 0 Å². The molecule has 0 aromatic heterocycles. The molecule has 2 fully saturated rings. The molecule has 2 heterocycles. The molecular formula is C16H34N2O2. The molecule has 0 aliphatic carbocycles. The van der Waals surface area contributed by atoms with Crippen LogP contribution in [0.4, 0.5) is 0 Å². The molecule has 0 spiro atoms. The van der Waals surface area contributed by atoms with Gasteiger partial charge in [-0.05, 0) is 25.9 Å². The average molecular weight is 286 g/mol. The van der Waals surface area contributed by atoms with Crippen molar-refractivity contribution in [2.75, 3.05) is 52.5 Å². The van der Waals surface area contributed by atoms with Gasteiger partial charge in [-0.3, -0.25) is 9.80 Å². The molecule has 2 atom stereocenters. The second kappa shape index (κ2) is 10.6. The van der Waals surface area contributed by atoms with E-state index in [2.05, 4.69) is 37.5 Å². The van der Waals surface area contributed by atoms with Gasteiger partial charge in [0.1, 0.15) is 0 Å². The first-order valence-corrected chi connectivity index (χ1v) is 8.41. The van der Waals surface area contributed by atoms with Gasteiger partial charge in [0.25, 0.3) is 0 Å². The van der Waals surface area contributed by atoms with Gasteiger partial charge in [-0.1, -0.05) is 27.7 Å². The lowest BCUT2D eigenvalue weighted by atomic mass is 10.2. The zero-order valence-electron chi connectivity index (χ0n) is 13.9. The molecule has 120 valence electrons. The number of rotatable bonds is 4. The van der Waals surface area contributed by atoms with E-state index in [4.69, 9.17) is 9.47 Å². The van der Waals surface area contributed by atoms with E-state index in [-0.39, 0.29) is 0 Å². The van der Waals surface area contributed by atoms with Crippen molar-refractivity contribution in [1.29, 1.82) is 0 Å². The van der Waals surface area contributed by atoms with Gasteiger partial charge < -0.3 is 9.47 Å². The predicted octanol–water partition coefficient (Wildman–Crippen LogP) is 2.23. The van der Waals surface area contributed by atoms with E-state index in [1.165, 1.54) is 13.1 Å². The molecular weight excluding hydrogens is 252 g/mol. The Morgan fingerprint density at radius 2 is 1.15 bits per heavy atom. The molecule has 2 aliphatic rings. The summed E-state index contributed by atoms with van der Waals surface area (Å²) >= 11 is 0. The first kappa shape index (κ1) is 17.9. The molecule has 0 bridgehead atoms. The minimum atomic E-state index is 0.494. The highest BCUT2D eigenvalue weighted by Crippen LogP contribution is 2.07. The number of likely N-dealkylation sites (N-methyl/N-ethyl adjacent to an activating group) is 2. The molecule has 0 N–H and O–H groups in total. The number of ether oxygens (including phenoxy) is 2. The van der Waals surface area contributed by atoms with Crippen LogP contribution in [0.25, 0.3) is 0 Å². The fourth-order valence-corrected chi connectivity index (χ4v) is 2.63. The van der Waals surface area contributed by atoms with E-state index in [9.17, 15) is 0 Å². The van der Waals surface area contributed by atoms with Crippen LogP contribution in [0.3, 0.4) is 0 Å². The van der Waals surface area contributed by atoms with E-state index in [0.717, 1.165) is 52.2 Å². The van der Waals surface area contributed by atoms with E-state index < -0.39 is 0 Å². The predicted molar refractivity (Wildman–Crippen MR) is 84.3 cm³/mol. The number of nitrogens with zero attached hydrogens (tertiary/aromatic N) is 2. The highest BCUT2D eigenvalue weighted by molar-refractivity contribution is 4.69. The van der Waals surface area contributed by atoms with Crippen LogP contribution in [0.1, 0.15) is 40.5 Å². The summed E-state index contributed by atoms with van der Waals surface area (Å²) < 4.78 is 11.0. The third-order valence-electron chi connectivity index (χ3n) is 4.25. The lowest BCUT2D eigenvalue weighted by Gasteiger charge is -2.31. The van der Waals surface area contributed by atoms with Gasteiger partial charge >= 0.3 is 0 Å². The molecule has 20 heavy (non-hydrogen) atoms. The largest absolute Gasteiger partial charge is 0.376 e. The molecule has 0 aromatic carbocycles. The van der Waals surface area contributed by atoms with Gasteiger partial charge in [-0.15, -0.1) is 0 Å². The highest BCUT2D eigenvalue weighted by Gasteiger charge is 2.17. The molecule has 2 aliphatic heterocycles. The molecule has 4 heteroatoms. The van der Waals surface area contributed by atoms with Crippen LogP contribution in [-0.2, 0) is 9.47 Å². The highest BCUT2D eigenvalue weighted by atomic mass is 16.5. The Morgan fingerprint density at radius 3 is 1.45 bits per heavy atom. The molecule has 2 rings (SSSR count). The van der Waals surface area contributed by atoms with Crippen molar-refractivity contribution in [2.24, 2.45) is 0 Å². The minimum Gasteiger partial charge on any atom is -0.376 e. The van der Waals surface area contributed by atoms with Crippen molar-refractivity contribution in [1.82, 2.24) is 9.80 Å². The lowest BCUT2D eigenvalue weighted by Crippen LogP contribution is -2.41. The maximum Gasteiger partial charge on any atom is 0.0700 e. The van der Waals surface area contributed by atoms with Crippen LogP contribution < -0.4 is 0 Å². The monoisotopic (exact) mass is 286 g/mol. The van der Waals surface area contributed by atoms with Crippen molar-refractivity contribution in [3.05, 3.63) is 0 Å². The van der Waals surface area contributed by atoms with Crippen LogP contribution in [0.5, 0.6) is 0 Å². The summed E-state index contributed by atoms with van der Waals surface area (Å²) in [5, 5.41) is 0. The maximum atomic E-state index is 5.52. The standard InChI is InChI=1S/2C8H17NO/c2*1-3-8-7-9(4-2)5-6-10-8/h2*8H,3-7H2,1-2H3/t2*8-/m10/s1. The summed E-state index contributed by atoms with van der Waals surface area (Å²) in [5.41, 5.74) is 0. The van der Waals surface area contributed by atoms with Crippen molar-refractivity contribution < 1.29 is 9.47 Å². The van der Waals surface area contributed by atoms with Crippen LogP contribution in [0.15, 0.2) is 0 Å². The Balaban J connectivity index is 0.000000200. The van der Waals surface area contributed by atoms with Crippen LogP contribution in [-0.4, -0.2) is 74.5 Å². The lowest BCUT2D eigenvalue weighted by molar-refractivity contribution is -0.0278. The second-order valence-corrected chi connectivity index (χ2v) is 5.59. The summed E-state index contributed by atoms with van der Waals surface area (Å²) in [5.74, 6) is 0. The SMILES string of the molecule is CC[C@@H]1CN(CC)CCO1.CC[C@H]1CN(CC)CCO1. The first-order valence-electron chi connectivity index (χ1n) is 8.41. The molecule has 0 aromatic rings. The quantitative estimate of drug-likeness (QED) is 0.791. The summed E-state index contributed by atoms with van der Waals surface area (Å²) in [6.07, 6.45) is 3.29. The van der Waals surface area contributed by atoms with Gasteiger partial charge in [-0.2, -0.15) is 0 Å². The Kier molecular flexibility index (Phi) is 9.44. The van der Waals surface area contributed by atoms with Crippen LogP contribution in [0.2, 0.25) is 0 Å². The van der Waals surface area contributed by atoms with Crippen LogP contribution in [0, 0.1) is 0 Å². The van der Waals surface area contributed by atoms with Gasteiger partial charge in [-0.25, -0.2) is 0 Å². The average Bonchev–Trinajstić information content (AvgIpc) is 2.55. The van der Waals surface area contributed by atoms with Crippen molar-refractivity contribution in [3.8, 4) is 0 Å². The molecule has 4 nitrogen and oxygen atoms in total. The van der Waals surface area contributed by atoms with Gasteiger partial charge in [0.05, 0.1) is 25.4 Å². The number of hydrogen-bond acceptors (Lipinski definition) is 4.